The van der Waals surface area contributed by atoms with E-state index in [4.69, 9.17) is 14.5 Å². The second-order valence-corrected chi connectivity index (χ2v) is 10.7. The molecule has 0 fully saturated rings. The summed E-state index contributed by atoms with van der Waals surface area (Å²) in [6.45, 7) is 4.29. The molecular weight excluding hydrogens is 578 g/mol. The average molecular weight is 605 g/mol. The van der Waals surface area contributed by atoms with Gasteiger partial charge in [-0.25, -0.2) is 4.99 Å². The Balaban J connectivity index is 1.64. The third-order valence-corrected chi connectivity index (χ3v) is 7.89. The number of aromatic nitrogens is 1. The van der Waals surface area contributed by atoms with Gasteiger partial charge in [-0.15, -0.1) is 0 Å². The van der Waals surface area contributed by atoms with Gasteiger partial charge in [-0.1, -0.05) is 47.7 Å². The van der Waals surface area contributed by atoms with E-state index in [1.807, 2.05) is 85.8 Å². The van der Waals surface area contributed by atoms with Crippen LogP contribution in [0.2, 0.25) is 0 Å². The van der Waals surface area contributed by atoms with Gasteiger partial charge in [-0.3, -0.25) is 14.2 Å². The number of carbonyl (C=O) groups excluding carboxylic acids is 1. The quantitative estimate of drug-likeness (QED) is 0.321. The van der Waals surface area contributed by atoms with Gasteiger partial charge in [-0.05, 0) is 83.4 Å². The maximum Gasteiger partial charge on any atom is 0.271 e. The Morgan fingerprint density at radius 3 is 2.54 bits per heavy atom. The van der Waals surface area contributed by atoms with Gasteiger partial charge in [0.1, 0.15) is 11.5 Å². The highest BCUT2D eigenvalue weighted by Gasteiger charge is 2.32. The van der Waals surface area contributed by atoms with Crippen molar-refractivity contribution in [3.8, 4) is 11.5 Å². The van der Waals surface area contributed by atoms with Gasteiger partial charge >= 0.3 is 0 Å². The number of carbonyl (C=O) groups is 1. The number of fused-ring (bicyclic) bond motifs is 1. The third-order valence-electron chi connectivity index (χ3n) is 6.28. The summed E-state index contributed by atoms with van der Waals surface area (Å²) < 4.78 is 13.9. The van der Waals surface area contributed by atoms with Crippen LogP contribution in [0.5, 0.6) is 11.5 Å². The van der Waals surface area contributed by atoms with Crippen molar-refractivity contribution < 1.29 is 14.3 Å². The lowest BCUT2D eigenvalue weighted by Gasteiger charge is -2.25. The number of allylic oxidation sites excluding steroid dienone is 1. The number of para-hydroxylation sites is 1. The van der Waals surface area contributed by atoms with Crippen LogP contribution in [0.4, 0.5) is 5.69 Å². The molecule has 1 N–H and O–H groups in total. The molecule has 1 aliphatic rings. The number of nitrogens with one attached hydrogen (secondary N) is 1. The zero-order valence-corrected chi connectivity index (χ0v) is 24.0. The first kappa shape index (κ1) is 26.6. The van der Waals surface area contributed by atoms with E-state index >= 15 is 0 Å². The van der Waals surface area contributed by atoms with Gasteiger partial charge in [0.15, 0.2) is 4.80 Å². The van der Waals surface area contributed by atoms with Crippen molar-refractivity contribution >= 4 is 44.9 Å². The number of methoxy groups -OCH3 is 1. The van der Waals surface area contributed by atoms with Crippen LogP contribution in [0.15, 0.2) is 98.3 Å². The molecule has 7 nitrogen and oxygen atoms in total. The minimum atomic E-state index is -0.662. The van der Waals surface area contributed by atoms with E-state index in [2.05, 4.69) is 21.2 Å². The van der Waals surface area contributed by atoms with Crippen molar-refractivity contribution in [1.29, 1.82) is 0 Å². The Morgan fingerprint density at radius 1 is 1.13 bits per heavy atom. The van der Waals surface area contributed by atoms with E-state index < -0.39 is 6.04 Å². The van der Waals surface area contributed by atoms with Gasteiger partial charge in [0.25, 0.3) is 11.5 Å². The summed E-state index contributed by atoms with van der Waals surface area (Å²) in [5.41, 5.74) is 3.03. The van der Waals surface area contributed by atoms with Crippen LogP contribution in [0.1, 0.15) is 31.0 Å². The molecule has 1 atom stereocenters. The molecule has 9 heteroatoms. The molecule has 1 aromatic heterocycles. The highest BCUT2D eigenvalue weighted by atomic mass is 79.9. The number of halogens is 1. The number of thiazole rings is 1. The number of hydrogen-bond donors (Lipinski definition) is 1. The summed E-state index contributed by atoms with van der Waals surface area (Å²) in [5, 5.41) is 2.96. The van der Waals surface area contributed by atoms with E-state index in [9.17, 15) is 9.59 Å². The van der Waals surface area contributed by atoms with Crippen LogP contribution in [0.25, 0.3) is 6.08 Å². The molecule has 4 aromatic rings. The number of ether oxygens (including phenoxy) is 2. The monoisotopic (exact) mass is 603 g/mol. The molecule has 2 heterocycles. The zero-order valence-electron chi connectivity index (χ0n) is 21.6. The van der Waals surface area contributed by atoms with Gasteiger partial charge in [0, 0.05) is 5.69 Å². The summed E-state index contributed by atoms with van der Waals surface area (Å²) in [7, 11) is 1.60. The van der Waals surface area contributed by atoms with Crippen LogP contribution in [0.3, 0.4) is 0 Å². The normalized spacial score (nSPS) is 15.0. The van der Waals surface area contributed by atoms with Crippen molar-refractivity contribution in [2.75, 3.05) is 19.0 Å². The van der Waals surface area contributed by atoms with Crippen molar-refractivity contribution in [2.24, 2.45) is 4.99 Å². The minimum absolute atomic E-state index is 0.220. The fraction of sp³-hybridized carbons (Fsp3) is 0.167. The predicted molar refractivity (Wildman–Crippen MR) is 157 cm³/mol. The summed E-state index contributed by atoms with van der Waals surface area (Å²) in [4.78, 5) is 32.8. The maximum absolute atomic E-state index is 13.9. The number of amides is 1. The zero-order chi connectivity index (χ0) is 27.5. The molecule has 0 spiro atoms. The Morgan fingerprint density at radius 2 is 1.87 bits per heavy atom. The molecule has 5 rings (SSSR count). The van der Waals surface area contributed by atoms with Crippen molar-refractivity contribution in [2.45, 2.75) is 19.9 Å². The first-order valence-electron chi connectivity index (χ1n) is 12.3. The molecule has 3 aromatic carbocycles. The molecule has 1 aliphatic heterocycles. The number of anilines is 1. The lowest BCUT2D eigenvalue weighted by Crippen LogP contribution is -2.40. The SMILES string of the molecule is CCOc1ccc(/C=c2/sc3n(c2=O)[C@H](c2ccc(OC)cc2)C(C(=O)Nc2ccccc2)=C(C)N=3)cc1Br. The Hall–Kier alpha value is -3.95. The highest BCUT2D eigenvalue weighted by molar-refractivity contribution is 9.10. The Kier molecular flexibility index (Phi) is 7.81. The Bertz CT molecular complexity index is 1740. The summed E-state index contributed by atoms with van der Waals surface area (Å²) in [6.07, 6.45) is 1.83. The molecule has 39 heavy (non-hydrogen) atoms. The van der Waals surface area contributed by atoms with Gasteiger partial charge in [-0.2, -0.15) is 0 Å². The van der Waals surface area contributed by atoms with Crippen molar-refractivity contribution in [1.82, 2.24) is 4.57 Å². The van der Waals surface area contributed by atoms with Crippen molar-refractivity contribution in [3.63, 3.8) is 0 Å². The van der Waals surface area contributed by atoms with Crippen LogP contribution in [0, 0.1) is 0 Å². The fourth-order valence-electron chi connectivity index (χ4n) is 4.46. The lowest BCUT2D eigenvalue weighted by molar-refractivity contribution is -0.113. The first-order chi connectivity index (χ1) is 18.9. The predicted octanol–water partition coefficient (Wildman–Crippen LogP) is 5.04. The number of benzene rings is 3. The Labute approximate surface area is 237 Å². The second-order valence-electron chi connectivity index (χ2n) is 8.80. The van der Waals surface area contributed by atoms with Gasteiger partial charge in [0.2, 0.25) is 0 Å². The minimum Gasteiger partial charge on any atom is -0.497 e. The molecule has 1 amide bonds. The standard InChI is InChI=1S/C30H26BrN3O4S/c1-4-38-24-15-10-19(16-23(24)31)17-25-29(36)34-27(20-11-13-22(37-3)14-12-20)26(18(2)32-30(34)39-25)28(35)33-21-8-6-5-7-9-21/h5-17,27H,4H2,1-3H3,(H,33,35)/b25-17+/t27-/m1/s1. The molecule has 0 radical (unpaired) electrons. The third kappa shape index (κ3) is 5.46. The van der Waals surface area contributed by atoms with E-state index in [-0.39, 0.29) is 11.5 Å². The summed E-state index contributed by atoms with van der Waals surface area (Å²) >= 11 is 4.84. The molecular formula is C30H26BrN3O4S. The molecule has 0 saturated heterocycles. The second kappa shape index (κ2) is 11.4. The largest absolute Gasteiger partial charge is 0.497 e. The van der Waals surface area contributed by atoms with E-state index in [0.29, 0.717) is 38.6 Å². The lowest BCUT2D eigenvalue weighted by atomic mass is 9.95. The number of hydrogen-bond acceptors (Lipinski definition) is 6. The van der Waals surface area contributed by atoms with Gasteiger partial charge in [0.05, 0.1) is 40.0 Å². The first-order valence-corrected chi connectivity index (χ1v) is 14.0. The van der Waals surface area contributed by atoms with E-state index in [0.717, 1.165) is 21.3 Å². The number of nitrogens with zero attached hydrogens (tertiary/aromatic N) is 2. The summed E-state index contributed by atoms with van der Waals surface area (Å²) in [6, 6.07) is 21.6. The molecule has 0 aliphatic carbocycles. The van der Waals surface area contributed by atoms with E-state index in [1.54, 1.807) is 18.6 Å². The molecule has 0 unspecified atom stereocenters. The molecule has 0 saturated carbocycles. The van der Waals surface area contributed by atoms with Crippen LogP contribution >= 0.6 is 27.3 Å². The average Bonchev–Trinajstić information content (AvgIpc) is 3.24. The number of rotatable bonds is 7. The van der Waals surface area contributed by atoms with E-state index in [1.165, 1.54) is 11.3 Å². The van der Waals surface area contributed by atoms with Crippen LogP contribution in [-0.2, 0) is 4.79 Å². The van der Waals surface area contributed by atoms with Crippen molar-refractivity contribution in [3.05, 3.63) is 119 Å². The smallest absolute Gasteiger partial charge is 0.271 e. The van der Waals surface area contributed by atoms with Crippen LogP contribution in [-0.4, -0.2) is 24.2 Å². The fourth-order valence-corrected chi connectivity index (χ4v) is 6.02. The molecule has 198 valence electrons. The molecule has 0 bridgehead atoms. The maximum atomic E-state index is 13.9. The topological polar surface area (TPSA) is 81.9 Å². The summed E-state index contributed by atoms with van der Waals surface area (Å²) in [5.74, 6) is 1.11. The highest BCUT2D eigenvalue weighted by Crippen LogP contribution is 2.32. The van der Waals surface area contributed by atoms with Gasteiger partial charge < -0.3 is 14.8 Å². The van der Waals surface area contributed by atoms with Crippen LogP contribution < -0.4 is 29.7 Å².